The fraction of sp³-hybridized carbons (Fsp3) is 0.619. The van der Waals surface area contributed by atoms with Crippen molar-refractivity contribution in [2.75, 3.05) is 25.6 Å². The van der Waals surface area contributed by atoms with Crippen LogP contribution in [0, 0.1) is 5.92 Å². The summed E-state index contributed by atoms with van der Waals surface area (Å²) in [7, 11) is 1.32. The number of benzene rings is 1. The van der Waals surface area contributed by atoms with Crippen LogP contribution >= 0.6 is 0 Å². The predicted molar refractivity (Wildman–Crippen MR) is 104 cm³/mol. The van der Waals surface area contributed by atoms with Gasteiger partial charge in [-0.3, -0.25) is 4.79 Å². The van der Waals surface area contributed by atoms with E-state index < -0.39 is 11.6 Å². The lowest BCUT2D eigenvalue weighted by atomic mass is 9.78. The second kappa shape index (κ2) is 9.74. The lowest BCUT2D eigenvalue weighted by Crippen LogP contribution is -2.48. The summed E-state index contributed by atoms with van der Waals surface area (Å²) in [5.41, 5.74) is 0.0164. The third kappa shape index (κ3) is 5.22. The molecule has 0 unspecified atom stereocenters. The summed E-state index contributed by atoms with van der Waals surface area (Å²) in [4.78, 5) is 25.2. The number of carbonyl (C=O) groups is 2. The van der Waals surface area contributed by atoms with Crippen molar-refractivity contribution in [2.24, 2.45) is 5.92 Å². The van der Waals surface area contributed by atoms with Crippen molar-refractivity contribution in [2.45, 2.75) is 58.5 Å². The van der Waals surface area contributed by atoms with Gasteiger partial charge in [0.1, 0.15) is 16.9 Å². The minimum Gasteiger partial charge on any atom is -0.493 e. The van der Waals surface area contributed by atoms with E-state index in [-0.39, 0.29) is 5.91 Å². The number of carbonyl (C=O) groups excluding carboxylic acids is 2. The van der Waals surface area contributed by atoms with Crippen LogP contribution < -0.4 is 10.1 Å². The molecule has 0 aliphatic heterocycles. The van der Waals surface area contributed by atoms with Crippen molar-refractivity contribution >= 4 is 17.6 Å². The first kappa shape index (κ1) is 21.2. The summed E-state index contributed by atoms with van der Waals surface area (Å²) < 4.78 is 16.4. The van der Waals surface area contributed by atoms with Gasteiger partial charge in [0, 0.05) is 12.3 Å². The Labute approximate surface area is 161 Å². The van der Waals surface area contributed by atoms with Crippen LogP contribution in [0.4, 0.5) is 5.69 Å². The second-order valence-corrected chi connectivity index (χ2v) is 7.13. The van der Waals surface area contributed by atoms with Crippen LogP contribution in [-0.4, -0.2) is 37.8 Å². The van der Waals surface area contributed by atoms with Crippen molar-refractivity contribution in [3.05, 3.63) is 23.8 Å². The summed E-state index contributed by atoms with van der Waals surface area (Å²) in [6.07, 6.45) is 4.31. The molecule has 1 aliphatic carbocycles. The highest BCUT2D eigenvalue weighted by Crippen LogP contribution is 2.36. The zero-order valence-electron chi connectivity index (χ0n) is 16.8. The molecule has 1 aliphatic rings. The summed E-state index contributed by atoms with van der Waals surface area (Å²) in [6, 6.07) is 5.02. The summed E-state index contributed by atoms with van der Waals surface area (Å²) >= 11 is 0. The Morgan fingerprint density at radius 1 is 1.30 bits per heavy atom. The van der Waals surface area contributed by atoms with Crippen LogP contribution in [0.3, 0.4) is 0 Å². The number of ether oxygens (including phenoxy) is 3. The SMILES string of the molecule is CCCOc1ccc(NC(=O)[C@]2(OCC)CCC[C@@H](C)C2)cc1C(=O)OC. The molecule has 1 saturated carbocycles. The van der Waals surface area contributed by atoms with Crippen molar-refractivity contribution in [1.82, 2.24) is 0 Å². The maximum absolute atomic E-state index is 13.0. The Hall–Kier alpha value is -2.08. The lowest BCUT2D eigenvalue weighted by molar-refractivity contribution is -0.147. The third-order valence-corrected chi connectivity index (χ3v) is 4.89. The molecule has 1 aromatic carbocycles. The zero-order chi connectivity index (χ0) is 19.9. The van der Waals surface area contributed by atoms with Gasteiger partial charge in [-0.25, -0.2) is 4.79 Å². The molecule has 1 fully saturated rings. The number of nitrogens with one attached hydrogen (secondary N) is 1. The summed E-state index contributed by atoms with van der Waals surface area (Å²) in [5, 5.41) is 2.93. The normalized spacial score (nSPS) is 22.1. The van der Waals surface area contributed by atoms with E-state index in [4.69, 9.17) is 14.2 Å². The van der Waals surface area contributed by atoms with E-state index in [1.54, 1.807) is 18.2 Å². The molecule has 0 radical (unpaired) electrons. The minimum atomic E-state index is -0.810. The zero-order valence-corrected chi connectivity index (χ0v) is 16.8. The largest absolute Gasteiger partial charge is 0.493 e. The molecular weight excluding hydrogens is 346 g/mol. The maximum atomic E-state index is 13.0. The van der Waals surface area contributed by atoms with E-state index in [1.165, 1.54) is 7.11 Å². The Bertz CT molecular complexity index is 656. The van der Waals surface area contributed by atoms with E-state index >= 15 is 0 Å². The van der Waals surface area contributed by atoms with E-state index in [1.807, 2.05) is 13.8 Å². The second-order valence-electron chi connectivity index (χ2n) is 7.13. The summed E-state index contributed by atoms with van der Waals surface area (Å²) in [6.45, 7) is 7.03. The van der Waals surface area contributed by atoms with Crippen LogP contribution in [0.15, 0.2) is 18.2 Å². The van der Waals surface area contributed by atoms with Gasteiger partial charge >= 0.3 is 5.97 Å². The monoisotopic (exact) mass is 377 g/mol. The Balaban J connectivity index is 2.24. The number of hydrogen-bond acceptors (Lipinski definition) is 5. The molecule has 150 valence electrons. The molecule has 2 atom stereocenters. The highest BCUT2D eigenvalue weighted by atomic mass is 16.5. The van der Waals surface area contributed by atoms with Gasteiger partial charge in [0.2, 0.25) is 0 Å². The van der Waals surface area contributed by atoms with E-state index in [0.717, 1.165) is 19.3 Å². The Morgan fingerprint density at radius 2 is 2.07 bits per heavy atom. The fourth-order valence-electron chi connectivity index (χ4n) is 3.64. The minimum absolute atomic E-state index is 0.158. The number of hydrogen-bond donors (Lipinski definition) is 1. The molecule has 0 heterocycles. The summed E-state index contributed by atoms with van der Waals surface area (Å²) in [5.74, 6) is 0.232. The quantitative estimate of drug-likeness (QED) is 0.688. The first-order chi connectivity index (χ1) is 13.0. The van der Waals surface area contributed by atoms with Gasteiger partial charge in [-0.2, -0.15) is 0 Å². The van der Waals surface area contributed by atoms with Gasteiger partial charge in [0.25, 0.3) is 5.91 Å². The number of amides is 1. The van der Waals surface area contributed by atoms with E-state index in [9.17, 15) is 9.59 Å². The fourth-order valence-corrected chi connectivity index (χ4v) is 3.64. The van der Waals surface area contributed by atoms with Gasteiger partial charge in [-0.15, -0.1) is 0 Å². The molecule has 2 rings (SSSR count). The standard InChI is InChI=1S/C21H31NO5/c1-5-12-26-18-10-9-16(13-17(18)19(23)25-4)22-20(24)21(27-6-2)11-7-8-15(3)14-21/h9-10,13,15H,5-8,11-12,14H2,1-4H3,(H,22,24)/t15-,21+/m1/s1. The van der Waals surface area contributed by atoms with Crippen LogP contribution in [0.5, 0.6) is 5.75 Å². The smallest absolute Gasteiger partial charge is 0.341 e. The molecule has 0 saturated heterocycles. The molecule has 27 heavy (non-hydrogen) atoms. The number of anilines is 1. The average Bonchev–Trinajstić information content (AvgIpc) is 2.66. The van der Waals surface area contributed by atoms with Crippen LogP contribution in [0.25, 0.3) is 0 Å². The molecule has 1 amide bonds. The number of methoxy groups -OCH3 is 1. The molecule has 6 nitrogen and oxygen atoms in total. The van der Waals surface area contributed by atoms with Crippen molar-refractivity contribution in [3.8, 4) is 5.75 Å². The van der Waals surface area contributed by atoms with Crippen molar-refractivity contribution < 1.29 is 23.8 Å². The highest BCUT2D eigenvalue weighted by molar-refractivity contribution is 5.99. The van der Waals surface area contributed by atoms with Crippen LogP contribution in [-0.2, 0) is 14.3 Å². The Morgan fingerprint density at radius 3 is 2.70 bits per heavy atom. The van der Waals surface area contributed by atoms with Crippen LogP contribution in [0.2, 0.25) is 0 Å². The van der Waals surface area contributed by atoms with Gasteiger partial charge in [-0.05, 0) is 56.7 Å². The molecule has 0 bridgehead atoms. The first-order valence-electron chi connectivity index (χ1n) is 9.76. The van der Waals surface area contributed by atoms with Gasteiger partial charge in [0.15, 0.2) is 0 Å². The number of esters is 1. The predicted octanol–water partition coefficient (Wildman–Crippen LogP) is 4.19. The molecule has 0 spiro atoms. The molecule has 1 aromatic rings. The first-order valence-corrected chi connectivity index (χ1v) is 9.76. The highest BCUT2D eigenvalue weighted by Gasteiger charge is 2.42. The Kier molecular flexibility index (Phi) is 7.66. The molecule has 6 heteroatoms. The van der Waals surface area contributed by atoms with Gasteiger partial charge in [-0.1, -0.05) is 20.3 Å². The topological polar surface area (TPSA) is 73.9 Å². The van der Waals surface area contributed by atoms with Crippen molar-refractivity contribution in [1.29, 1.82) is 0 Å². The molecule has 1 N–H and O–H groups in total. The maximum Gasteiger partial charge on any atom is 0.341 e. The van der Waals surface area contributed by atoms with E-state index in [0.29, 0.717) is 49.0 Å². The third-order valence-electron chi connectivity index (χ3n) is 4.89. The van der Waals surface area contributed by atoms with Gasteiger partial charge < -0.3 is 19.5 Å². The lowest BCUT2D eigenvalue weighted by Gasteiger charge is -2.38. The van der Waals surface area contributed by atoms with E-state index in [2.05, 4.69) is 12.2 Å². The molecule has 0 aromatic heterocycles. The average molecular weight is 377 g/mol. The molecular formula is C21H31NO5. The number of rotatable bonds is 8. The van der Waals surface area contributed by atoms with Gasteiger partial charge in [0.05, 0.1) is 13.7 Å². The van der Waals surface area contributed by atoms with Crippen molar-refractivity contribution in [3.63, 3.8) is 0 Å². The van der Waals surface area contributed by atoms with Crippen LogP contribution in [0.1, 0.15) is 63.2 Å².